The number of hydrogen-bond acceptors (Lipinski definition) is 3. The van der Waals surface area contributed by atoms with Gasteiger partial charge in [0.15, 0.2) is 0 Å². The van der Waals surface area contributed by atoms with Gasteiger partial charge in [0.2, 0.25) is 0 Å². The van der Waals surface area contributed by atoms with Crippen molar-refractivity contribution in [2.75, 3.05) is 6.61 Å². The summed E-state index contributed by atoms with van der Waals surface area (Å²) in [5, 5.41) is 11.5. The second-order valence-corrected chi connectivity index (χ2v) is 3.83. The van der Waals surface area contributed by atoms with Gasteiger partial charge in [-0.05, 0) is 30.7 Å². The summed E-state index contributed by atoms with van der Waals surface area (Å²) in [4.78, 5) is 11.7. The average Bonchev–Trinajstić information content (AvgIpc) is 2.34. The number of carbonyl (C=O) groups excluding carboxylic acids is 1. The molecule has 4 nitrogen and oxygen atoms in total. The number of nitrogens with one attached hydrogen (secondary N) is 1. The van der Waals surface area contributed by atoms with Gasteiger partial charge in [-0.1, -0.05) is 6.92 Å². The summed E-state index contributed by atoms with van der Waals surface area (Å²) >= 11 is 0. The summed E-state index contributed by atoms with van der Waals surface area (Å²) in [5.41, 5.74) is 0.196. The Morgan fingerprint density at radius 2 is 1.95 bits per heavy atom. The van der Waals surface area contributed by atoms with Gasteiger partial charge in [0.05, 0.1) is 12.6 Å². The van der Waals surface area contributed by atoms with Crippen LogP contribution in [0.3, 0.4) is 0 Å². The minimum Gasteiger partial charge on any atom is -0.406 e. The smallest absolute Gasteiger partial charge is 0.406 e. The number of aliphatic hydroxyl groups excluding tert-OH is 1. The summed E-state index contributed by atoms with van der Waals surface area (Å²) in [6, 6.07) is 4.18. The van der Waals surface area contributed by atoms with Crippen molar-refractivity contribution in [3.05, 3.63) is 29.8 Å². The van der Waals surface area contributed by atoms with Gasteiger partial charge in [-0.3, -0.25) is 4.79 Å². The molecule has 0 aromatic heterocycles. The van der Waals surface area contributed by atoms with Crippen molar-refractivity contribution in [3.8, 4) is 5.75 Å². The molecule has 1 aromatic carbocycles. The maximum absolute atomic E-state index is 11.9. The third kappa shape index (κ3) is 5.17. The van der Waals surface area contributed by atoms with Crippen molar-refractivity contribution >= 4 is 5.91 Å². The zero-order valence-electron chi connectivity index (χ0n) is 10.2. The van der Waals surface area contributed by atoms with E-state index in [-0.39, 0.29) is 18.2 Å². The zero-order valence-corrected chi connectivity index (χ0v) is 10.2. The maximum atomic E-state index is 11.9. The highest BCUT2D eigenvalue weighted by molar-refractivity contribution is 5.94. The van der Waals surface area contributed by atoms with Crippen LogP contribution in [0.25, 0.3) is 0 Å². The molecule has 1 aromatic rings. The Balaban J connectivity index is 2.68. The molecule has 106 valence electrons. The summed E-state index contributed by atoms with van der Waals surface area (Å²) in [5.74, 6) is -0.849. The molecule has 0 heterocycles. The van der Waals surface area contributed by atoms with E-state index < -0.39 is 18.0 Å². The Hall–Kier alpha value is -1.76. The van der Waals surface area contributed by atoms with E-state index in [0.29, 0.717) is 6.42 Å². The van der Waals surface area contributed by atoms with Crippen LogP contribution in [0.15, 0.2) is 24.3 Å². The minimum atomic E-state index is -4.76. The first-order valence-corrected chi connectivity index (χ1v) is 5.63. The second-order valence-electron chi connectivity index (χ2n) is 3.83. The Bertz CT molecular complexity index is 413. The van der Waals surface area contributed by atoms with Crippen LogP contribution in [-0.2, 0) is 0 Å². The Kier molecular flexibility index (Phi) is 5.17. The van der Waals surface area contributed by atoms with Crippen molar-refractivity contribution in [2.24, 2.45) is 0 Å². The van der Waals surface area contributed by atoms with E-state index in [9.17, 15) is 18.0 Å². The molecule has 0 aliphatic carbocycles. The first-order valence-electron chi connectivity index (χ1n) is 5.63. The third-order valence-electron chi connectivity index (χ3n) is 2.40. The lowest BCUT2D eigenvalue weighted by molar-refractivity contribution is -0.274. The Labute approximate surface area is 108 Å². The fourth-order valence-electron chi connectivity index (χ4n) is 1.35. The van der Waals surface area contributed by atoms with Crippen molar-refractivity contribution in [1.82, 2.24) is 5.32 Å². The predicted molar refractivity (Wildman–Crippen MR) is 61.8 cm³/mol. The van der Waals surface area contributed by atoms with Crippen LogP contribution >= 0.6 is 0 Å². The molecule has 0 aliphatic rings. The van der Waals surface area contributed by atoms with Gasteiger partial charge >= 0.3 is 6.36 Å². The van der Waals surface area contributed by atoms with Gasteiger partial charge in [0, 0.05) is 5.56 Å². The van der Waals surface area contributed by atoms with Gasteiger partial charge in [-0.2, -0.15) is 0 Å². The molecule has 0 fully saturated rings. The van der Waals surface area contributed by atoms with Crippen LogP contribution in [0.2, 0.25) is 0 Å². The van der Waals surface area contributed by atoms with E-state index in [1.807, 2.05) is 0 Å². The SMILES string of the molecule is CCC(CO)NC(=O)c1ccc(OC(F)(F)F)cc1. The molecular weight excluding hydrogens is 263 g/mol. The Morgan fingerprint density at radius 1 is 1.37 bits per heavy atom. The van der Waals surface area contributed by atoms with Crippen LogP contribution < -0.4 is 10.1 Å². The van der Waals surface area contributed by atoms with Gasteiger partial charge in [-0.15, -0.1) is 13.2 Å². The molecular formula is C12H14F3NO3. The average molecular weight is 277 g/mol. The van der Waals surface area contributed by atoms with E-state index in [1.165, 1.54) is 12.1 Å². The molecule has 1 rings (SSSR count). The molecule has 1 amide bonds. The van der Waals surface area contributed by atoms with Crippen molar-refractivity contribution in [3.63, 3.8) is 0 Å². The van der Waals surface area contributed by atoms with Crippen molar-refractivity contribution in [1.29, 1.82) is 0 Å². The van der Waals surface area contributed by atoms with Crippen molar-refractivity contribution in [2.45, 2.75) is 25.7 Å². The third-order valence-corrected chi connectivity index (χ3v) is 2.40. The molecule has 0 aliphatic heterocycles. The maximum Gasteiger partial charge on any atom is 0.573 e. The number of ether oxygens (including phenoxy) is 1. The van der Waals surface area contributed by atoms with Gasteiger partial charge in [0.1, 0.15) is 5.75 Å². The molecule has 0 bridgehead atoms. The van der Waals surface area contributed by atoms with Crippen molar-refractivity contribution < 1.29 is 27.8 Å². The normalized spacial score (nSPS) is 12.9. The zero-order chi connectivity index (χ0) is 14.5. The molecule has 1 atom stereocenters. The second kappa shape index (κ2) is 6.42. The molecule has 2 N–H and O–H groups in total. The van der Waals surface area contributed by atoms with E-state index in [4.69, 9.17) is 5.11 Å². The highest BCUT2D eigenvalue weighted by Crippen LogP contribution is 2.22. The summed E-state index contributed by atoms with van der Waals surface area (Å²) in [6.07, 6.45) is -4.20. The molecule has 7 heteroatoms. The molecule has 0 saturated heterocycles. The summed E-state index contributed by atoms with van der Waals surface area (Å²) < 4.78 is 39.5. The van der Waals surface area contributed by atoms with Crippen LogP contribution in [0, 0.1) is 0 Å². The molecule has 0 spiro atoms. The monoisotopic (exact) mass is 277 g/mol. The predicted octanol–water partition coefficient (Wildman–Crippen LogP) is 2.09. The Morgan fingerprint density at radius 3 is 2.37 bits per heavy atom. The number of rotatable bonds is 5. The molecule has 0 saturated carbocycles. The molecule has 1 unspecified atom stereocenters. The van der Waals surface area contributed by atoms with E-state index in [1.54, 1.807) is 6.92 Å². The number of halogens is 3. The van der Waals surface area contributed by atoms with Crippen LogP contribution in [-0.4, -0.2) is 30.0 Å². The van der Waals surface area contributed by atoms with Crippen LogP contribution in [0.5, 0.6) is 5.75 Å². The number of carbonyl (C=O) groups is 1. The number of benzene rings is 1. The lowest BCUT2D eigenvalue weighted by Crippen LogP contribution is -2.36. The first kappa shape index (κ1) is 15.3. The summed E-state index contributed by atoms with van der Waals surface area (Å²) in [7, 11) is 0. The van der Waals surface area contributed by atoms with Gasteiger partial charge < -0.3 is 15.2 Å². The lowest BCUT2D eigenvalue weighted by atomic mass is 10.1. The lowest BCUT2D eigenvalue weighted by Gasteiger charge is -2.14. The van der Waals surface area contributed by atoms with E-state index >= 15 is 0 Å². The fourth-order valence-corrected chi connectivity index (χ4v) is 1.35. The quantitative estimate of drug-likeness (QED) is 0.866. The van der Waals surface area contributed by atoms with Crippen LogP contribution in [0.1, 0.15) is 23.7 Å². The van der Waals surface area contributed by atoms with E-state index in [0.717, 1.165) is 12.1 Å². The van der Waals surface area contributed by atoms with Crippen LogP contribution in [0.4, 0.5) is 13.2 Å². The largest absolute Gasteiger partial charge is 0.573 e. The highest BCUT2D eigenvalue weighted by atomic mass is 19.4. The van der Waals surface area contributed by atoms with Gasteiger partial charge in [0.25, 0.3) is 5.91 Å². The first-order chi connectivity index (χ1) is 8.85. The topological polar surface area (TPSA) is 58.6 Å². The standard InChI is InChI=1S/C12H14F3NO3/c1-2-9(7-17)16-11(18)8-3-5-10(6-4-8)19-12(13,14)15/h3-6,9,17H,2,7H2,1H3,(H,16,18). The fraction of sp³-hybridized carbons (Fsp3) is 0.417. The molecule has 19 heavy (non-hydrogen) atoms. The molecule has 0 radical (unpaired) electrons. The highest BCUT2D eigenvalue weighted by Gasteiger charge is 2.31. The number of hydrogen-bond donors (Lipinski definition) is 2. The minimum absolute atomic E-state index is 0.196. The number of alkyl halides is 3. The van der Waals surface area contributed by atoms with Gasteiger partial charge in [-0.25, -0.2) is 0 Å². The summed E-state index contributed by atoms with van der Waals surface area (Å²) in [6.45, 7) is 1.60. The number of amides is 1. The number of aliphatic hydroxyl groups is 1. The van der Waals surface area contributed by atoms with E-state index in [2.05, 4.69) is 10.1 Å².